The quantitative estimate of drug-likeness (QED) is 0.753. The van der Waals surface area contributed by atoms with Crippen LogP contribution in [0.4, 0.5) is 0 Å². The summed E-state index contributed by atoms with van der Waals surface area (Å²) >= 11 is 1.43. The van der Waals surface area contributed by atoms with Crippen LogP contribution >= 0.6 is 11.8 Å². The predicted octanol–water partition coefficient (Wildman–Crippen LogP) is 3.28. The first-order valence-corrected chi connectivity index (χ1v) is 8.72. The molecule has 1 N–H and O–H groups in total. The zero-order valence-electron chi connectivity index (χ0n) is 13.8. The molecule has 0 fully saturated rings. The van der Waals surface area contributed by atoms with Crippen LogP contribution in [0.15, 0.2) is 41.8 Å². The number of thioether (sulfide) groups is 1. The van der Waals surface area contributed by atoms with Crippen molar-refractivity contribution < 1.29 is 9.53 Å². The Morgan fingerprint density at radius 1 is 1.48 bits per heavy atom. The van der Waals surface area contributed by atoms with Gasteiger partial charge in [0.2, 0.25) is 5.91 Å². The van der Waals surface area contributed by atoms with Gasteiger partial charge in [0.25, 0.3) is 0 Å². The fraction of sp³-hybridized carbons (Fsp3) is 0.412. The molecule has 1 amide bonds. The highest BCUT2D eigenvalue weighted by Gasteiger charge is 2.11. The molecule has 0 aliphatic heterocycles. The molecule has 0 saturated heterocycles. The van der Waals surface area contributed by atoms with Crippen LogP contribution in [0.1, 0.15) is 26.7 Å². The molecule has 1 heterocycles. The number of methoxy groups -OCH3 is 1. The van der Waals surface area contributed by atoms with Crippen molar-refractivity contribution >= 4 is 17.7 Å². The normalized spacial score (nSPS) is 12.0. The van der Waals surface area contributed by atoms with Gasteiger partial charge < -0.3 is 10.1 Å². The number of imidazole rings is 1. The van der Waals surface area contributed by atoms with E-state index in [1.807, 2.05) is 42.0 Å². The fourth-order valence-electron chi connectivity index (χ4n) is 2.31. The second-order valence-corrected chi connectivity index (χ2v) is 6.27. The molecule has 6 heteroatoms. The van der Waals surface area contributed by atoms with Gasteiger partial charge in [0.1, 0.15) is 5.75 Å². The summed E-state index contributed by atoms with van der Waals surface area (Å²) in [7, 11) is 1.64. The molecular formula is C17H23N3O2S. The fourth-order valence-corrected chi connectivity index (χ4v) is 3.09. The van der Waals surface area contributed by atoms with Gasteiger partial charge in [0.05, 0.1) is 18.6 Å². The molecule has 1 aromatic carbocycles. The molecule has 0 bridgehead atoms. The van der Waals surface area contributed by atoms with E-state index >= 15 is 0 Å². The first-order valence-electron chi connectivity index (χ1n) is 7.74. The molecular weight excluding hydrogens is 310 g/mol. The Morgan fingerprint density at radius 3 is 3.04 bits per heavy atom. The average molecular weight is 333 g/mol. The van der Waals surface area contributed by atoms with Crippen molar-refractivity contribution in [2.45, 2.75) is 37.9 Å². The second kappa shape index (κ2) is 8.62. The highest BCUT2D eigenvalue weighted by molar-refractivity contribution is 7.99. The predicted molar refractivity (Wildman–Crippen MR) is 93.4 cm³/mol. The van der Waals surface area contributed by atoms with Gasteiger partial charge in [-0.1, -0.05) is 31.2 Å². The number of amides is 1. The van der Waals surface area contributed by atoms with Gasteiger partial charge in [-0.2, -0.15) is 0 Å². The van der Waals surface area contributed by atoms with Crippen molar-refractivity contribution in [3.05, 3.63) is 36.7 Å². The van der Waals surface area contributed by atoms with E-state index in [0.717, 1.165) is 29.4 Å². The number of benzene rings is 1. The number of hydrogen-bond acceptors (Lipinski definition) is 4. The molecule has 1 unspecified atom stereocenters. The summed E-state index contributed by atoms with van der Waals surface area (Å²) in [6.07, 6.45) is 5.68. The molecule has 2 rings (SSSR count). The number of carbonyl (C=O) groups is 1. The number of nitrogens with zero attached hydrogens (tertiary/aromatic N) is 2. The minimum atomic E-state index is 0.0381. The first-order chi connectivity index (χ1) is 11.1. The molecule has 23 heavy (non-hydrogen) atoms. The Hall–Kier alpha value is -1.95. The topological polar surface area (TPSA) is 56.2 Å². The Kier molecular flexibility index (Phi) is 6.52. The minimum absolute atomic E-state index is 0.0381. The summed E-state index contributed by atoms with van der Waals surface area (Å²) in [5.74, 6) is 1.18. The summed E-state index contributed by atoms with van der Waals surface area (Å²) in [5.41, 5.74) is 0.962. The molecule has 1 aromatic heterocycles. The second-order valence-electron chi connectivity index (χ2n) is 5.33. The van der Waals surface area contributed by atoms with E-state index in [2.05, 4.69) is 17.2 Å². The lowest BCUT2D eigenvalue weighted by Gasteiger charge is -2.13. The molecule has 124 valence electrons. The monoisotopic (exact) mass is 333 g/mol. The van der Waals surface area contributed by atoms with Crippen LogP contribution in [0, 0.1) is 0 Å². The lowest BCUT2D eigenvalue weighted by atomic mass is 10.2. The number of carbonyl (C=O) groups excluding carboxylic acids is 1. The van der Waals surface area contributed by atoms with E-state index in [9.17, 15) is 4.79 Å². The minimum Gasteiger partial charge on any atom is -0.497 e. The first kappa shape index (κ1) is 17.4. The van der Waals surface area contributed by atoms with E-state index < -0.39 is 0 Å². The number of ether oxygens (including phenoxy) is 1. The lowest BCUT2D eigenvalue weighted by molar-refractivity contribution is -0.119. The maximum absolute atomic E-state index is 12.0. The van der Waals surface area contributed by atoms with Gasteiger partial charge in [-0.15, -0.1) is 0 Å². The third kappa shape index (κ3) is 5.03. The number of nitrogens with one attached hydrogen (secondary N) is 1. The molecule has 0 saturated carbocycles. The molecule has 1 atom stereocenters. The van der Waals surface area contributed by atoms with Crippen molar-refractivity contribution in [1.82, 2.24) is 14.9 Å². The number of rotatable bonds is 8. The Balaban J connectivity index is 2.00. The van der Waals surface area contributed by atoms with Gasteiger partial charge in [0.15, 0.2) is 5.16 Å². The van der Waals surface area contributed by atoms with Crippen molar-refractivity contribution in [2.24, 2.45) is 0 Å². The third-order valence-corrected chi connectivity index (χ3v) is 4.37. The molecule has 0 aliphatic rings. The van der Waals surface area contributed by atoms with Gasteiger partial charge >= 0.3 is 0 Å². The highest BCUT2D eigenvalue weighted by Crippen LogP contribution is 2.23. The van der Waals surface area contributed by atoms with Crippen molar-refractivity contribution in [3.8, 4) is 11.4 Å². The highest BCUT2D eigenvalue weighted by atomic mass is 32.2. The molecule has 0 radical (unpaired) electrons. The standard InChI is InChI=1S/C17H23N3O2S/c1-4-6-13(2)19-16(21)12-23-17-18-9-10-20(17)14-7-5-8-15(11-14)22-3/h5,7-11,13H,4,6,12H2,1-3H3,(H,19,21). The lowest BCUT2D eigenvalue weighted by Crippen LogP contribution is -2.33. The molecule has 0 aliphatic carbocycles. The van der Waals surface area contributed by atoms with Crippen LogP contribution in [0.2, 0.25) is 0 Å². The molecule has 0 spiro atoms. The zero-order valence-corrected chi connectivity index (χ0v) is 14.6. The number of aromatic nitrogens is 2. The molecule has 5 nitrogen and oxygen atoms in total. The van der Waals surface area contributed by atoms with Gasteiger partial charge in [-0.05, 0) is 25.5 Å². The van der Waals surface area contributed by atoms with Crippen LogP contribution in [0.5, 0.6) is 5.75 Å². The summed E-state index contributed by atoms with van der Waals surface area (Å²) in [6.45, 7) is 4.14. The van der Waals surface area contributed by atoms with Crippen molar-refractivity contribution in [3.63, 3.8) is 0 Å². The van der Waals surface area contributed by atoms with Crippen LogP contribution in [0.3, 0.4) is 0 Å². The zero-order chi connectivity index (χ0) is 16.7. The smallest absolute Gasteiger partial charge is 0.230 e. The Morgan fingerprint density at radius 2 is 2.30 bits per heavy atom. The summed E-state index contributed by atoms with van der Waals surface area (Å²) in [6, 6.07) is 7.97. The Bertz CT molecular complexity index is 642. The van der Waals surface area contributed by atoms with E-state index in [1.165, 1.54) is 11.8 Å². The van der Waals surface area contributed by atoms with Crippen molar-refractivity contribution in [2.75, 3.05) is 12.9 Å². The largest absolute Gasteiger partial charge is 0.497 e. The van der Waals surface area contributed by atoms with E-state index in [1.54, 1.807) is 13.3 Å². The summed E-state index contributed by atoms with van der Waals surface area (Å²) in [5, 5.41) is 3.79. The van der Waals surface area contributed by atoms with Crippen LogP contribution in [-0.4, -0.2) is 34.4 Å². The van der Waals surface area contributed by atoms with Crippen molar-refractivity contribution in [1.29, 1.82) is 0 Å². The maximum atomic E-state index is 12.0. The average Bonchev–Trinajstić information content (AvgIpc) is 3.01. The van der Waals surface area contributed by atoms with E-state index in [0.29, 0.717) is 5.75 Å². The van der Waals surface area contributed by atoms with E-state index in [-0.39, 0.29) is 11.9 Å². The van der Waals surface area contributed by atoms with Gasteiger partial charge in [-0.3, -0.25) is 9.36 Å². The third-order valence-electron chi connectivity index (χ3n) is 3.40. The van der Waals surface area contributed by atoms with Gasteiger partial charge in [-0.25, -0.2) is 4.98 Å². The van der Waals surface area contributed by atoms with Crippen LogP contribution in [-0.2, 0) is 4.79 Å². The Labute approximate surface area is 141 Å². The SMILES string of the molecule is CCCC(C)NC(=O)CSc1nccn1-c1cccc(OC)c1. The summed E-state index contributed by atoms with van der Waals surface area (Å²) < 4.78 is 7.21. The summed E-state index contributed by atoms with van der Waals surface area (Å²) in [4.78, 5) is 16.3. The van der Waals surface area contributed by atoms with Gasteiger partial charge in [0, 0.05) is 24.5 Å². The van der Waals surface area contributed by atoms with Crippen LogP contribution < -0.4 is 10.1 Å². The maximum Gasteiger partial charge on any atom is 0.230 e. The molecule has 2 aromatic rings. The van der Waals surface area contributed by atoms with E-state index in [4.69, 9.17) is 4.74 Å². The van der Waals surface area contributed by atoms with Crippen LogP contribution in [0.25, 0.3) is 5.69 Å². The number of hydrogen-bond donors (Lipinski definition) is 1.